The van der Waals surface area contributed by atoms with Gasteiger partial charge in [0.25, 0.3) is 0 Å². The van der Waals surface area contributed by atoms with Crippen molar-refractivity contribution in [3.63, 3.8) is 0 Å². The molecule has 2 aromatic rings. The van der Waals surface area contributed by atoms with Gasteiger partial charge in [-0.05, 0) is 42.9 Å². The first kappa shape index (κ1) is 18.2. The van der Waals surface area contributed by atoms with E-state index >= 15 is 0 Å². The summed E-state index contributed by atoms with van der Waals surface area (Å²) in [5.74, 6) is 1.25. The molecule has 1 aliphatic rings. The van der Waals surface area contributed by atoms with Crippen LogP contribution in [0.4, 0.5) is 16.3 Å². The van der Waals surface area contributed by atoms with E-state index in [0.717, 1.165) is 35.9 Å². The average Bonchev–Trinajstić information content (AvgIpc) is 3.01. The molecule has 2 amide bonds. The number of amides is 2. The van der Waals surface area contributed by atoms with Crippen molar-refractivity contribution >= 4 is 17.5 Å². The molecule has 1 aliphatic heterocycles. The van der Waals surface area contributed by atoms with E-state index in [9.17, 15) is 4.79 Å². The highest BCUT2D eigenvalue weighted by Gasteiger charge is 2.15. The molecule has 1 fully saturated rings. The molecule has 0 aliphatic carbocycles. The number of rotatable bonds is 5. The van der Waals surface area contributed by atoms with Crippen LogP contribution in [-0.4, -0.2) is 33.9 Å². The van der Waals surface area contributed by atoms with E-state index in [1.165, 1.54) is 19.3 Å². The number of nitrogens with zero attached hydrogens (tertiary/aromatic N) is 4. The van der Waals surface area contributed by atoms with Crippen molar-refractivity contribution in [2.24, 2.45) is 7.05 Å². The van der Waals surface area contributed by atoms with Crippen LogP contribution in [0, 0.1) is 0 Å². The maximum absolute atomic E-state index is 12.3. The minimum atomic E-state index is -0.226. The van der Waals surface area contributed by atoms with Crippen LogP contribution in [0.1, 0.15) is 50.3 Å². The van der Waals surface area contributed by atoms with E-state index in [-0.39, 0.29) is 11.9 Å². The number of carbonyl (C=O) groups excluding carboxylic acids is 1. The number of pyridine rings is 1. The molecule has 0 saturated carbocycles. The van der Waals surface area contributed by atoms with Crippen molar-refractivity contribution in [1.29, 1.82) is 0 Å². The first-order chi connectivity index (χ1) is 12.5. The fourth-order valence-corrected chi connectivity index (χ4v) is 3.24. The summed E-state index contributed by atoms with van der Waals surface area (Å²) in [5.41, 5.74) is 2.69. The highest BCUT2D eigenvalue weighted by atomic mass is 16.2. The summed E-state index contributed by atoms with van der Waals surface area (Å²) < 4.78 is 1.72. The predicted molar refractivity (Wildman–Crippen MR) is 103 cm³/mol. The van der Waals surface area contributed by atoms with Gasteiger partial charge in [-0.2, -0.15) is 5.10 Å². The lowest BCUT2D eigenvalue weighted by atomic mass is 10.1. The molecule has 0 bridgehead atoms. The molecule has 2 aromatic heterocycles. The molecule has 2 N–H and O–H groups in total. The number of urea groups is 1. The number of carbonyl (C=O) groups is 1. The van der Waals surface area contributed by atoms with Crippen molar-refractivity contribution in [3.8, 4) is 0 Å². The lowest BCUT2D eigenvalue weighted by Gasteiger charge is -2.27. The van der Waals surface area contributed by atoms with Gasteiger partial charge in [-0.25, -0.2) is 9.78 Å². The lowest BCUT2D eigenvalue weighted by molar-refractivity contribution is 0.251. The van der Waals surface area contributed by atoms with Crippen molar-refractivity contribution in [1.82, 2.24) is 20.1 Å². The minimum Gasteiger partial charge on any atom is -0.357 e. The number of aryl methyl sites for hydroxylation is 1. The Hall–Kier alpha value is -2.57. The summed E-state index contributed by atoms with van der Waals surface area (Å²) in [6.45, 7) is 6.70. The summed E-state index contributed by atoms with van der Waals surface area (Å²) in [4.78, 5) is 19.1. The Kier molecular flexibility index (Phi) is 5.75. The highest BCUT2D eigenvalue weighted by molar-refractivity contribution is 5.89. The first-order valence-corrected chi connectivity index (χ1v) is 9.31. The number of hydrogen-bond acceptors (Lipinski definition) is 4. The molecular weight excluding hydrogens is 328 g/mol. The fourth-order valence-electron chi connectivity index (χ4n) is 3.24. The molecule has 3 heterocycles. The zero-order chi connectivity index (χ0) is 18.5. The van der Waals surface area contributed by atoms with Gasteiger partial charge in [-0.15, -0.1) is 0 Å². The zero-order valence-corrected chi connectivity index (χ0v) is 15.8. The Morgan fingerprint density at radius 2 is 2.04 bits per heavy atom. The third kappa shape index (κ3) is 4.53. The largest absolute Gasteiger partial charge is 0.357 e. The summed E-state index contributed by atoms with van der Waals surface area (Å²) in [7, 11) is 1.86. The van der Waals surface area contributed by atoms with Gasteiger partial charge in [0.1, 0.15) is 5.82 Å². The molecule has 140 valence electrons. The molecule has 0 atom stereocenters. The van der Waals surface area contributed by atoms with Gasteiger partial charge < -0.3 is 15.5 Å². The topological polar surface area (TPSA) is 75.1 Å². The van der Waals surface area contributed by atoms with Crippen LogP contribution in [0.15, 0.2) is 24.5 Å². The number of piperidine rings is 1. The molecule has 3 rings (SSSR count). The van der Waals surface area contributed by atoms with Gasteiger partial charge >= 0.3 is 6.03 Å². The molecule has 1 saturated heterocycles. The summed E-state index contributed by atoms with van der Waals surface area (Å²) in [5, 5.41) is 10.2. The van der Waals surface area contributed by atoms with Gasteiger partial charge in [-0.3, -0.25) is 4.68 Å². The Balaban J connectivity index is 1.58. The molecule has 0 unspecified atom stereocenters. The van der Waals surface area contributed by atoms with Gasteiger partial charge in [0.2, 0.25) is 0 Å². The molecule has 26 heavy (non-hydrogen) atoms. The van der Waals surface area contributed by atoms with Crippen molar-refractivity contribution < 1.29 is 4.79 Å². The summed E-state index contributed by atoms with van der Waals surface area (Å²) in [6, 6.07) is 3.78. The quantitative estimate of drug-likeness (QED) is 0.862. The Labute approximate surface area is 154 Å². The fraction of sp³-hybridized carbons (Fsp3) is 0.526. The predicted octanol–water partition coefficient (Wildman–Crippen LogP) is 3.25. The van der Waals surface area contributed by atoms with Crippen LogP contribution < -0.4 is 15.5 Å². The van der Waals surface area contributed by atoms with E-state index in [1.807, 2.05) is 25.5 Å². The van der Waals surface area contributed by atoms with E-state index in [0.29, 0.717) is 6.54 Å². The Bertz CT molecular complexity index is 748. The van der Waals surface area contributed by atoms with E-state index in [4.69, 9.17) is 0 Å². The van der Waals surface area contributed by atoms with Crippen LogP contribution in [0.2, 0.25) is 0 Å². The van der Waals surface area contributed by atoms with Crippen LogP contribution in [0.25, 0.3) is 0 Å². The second-order valence-electron chi connectivity index (χ2n) is 7.13. The summed E-state index contributed by atoms with van der Waals surface area (Å²) >= 11 is 0. The first-order valence-electron chi connectivity index (χ1n) is 9.31. The molecule has 7 nitrogen and oxygen atoms in total. The molecule has 0 aromatic carbocycles. The summed E-state index contributed by atoms with van der Waals surface area (Å²) in [6.07, 6.45) is 7.38. The SMILES string of the molecule is CC(C)c1nn(C)cc1NC(=O)NCc1ccnc(N2CCCCC2)c1. The van der Waals surface area contributed by atoms with Crippen LogP contribution >= 0.6 is 0 Å². The average molecular weight is 356 g/mol. The van der Waals surface area contributed by atoms with Crippen LogP contribution in [0.5, 0.6) is 0 Å². The van der Waals surface area contributed by atoms with E-state index in [2.05, 4.69) is 45.5 Å². The van der Waals surface area contributed by atoms with Gasteiger partial charge in [-0.1, -0.05) is 13.8 Å². The molecule has 0 spiro atoms. The third-order valence-corrected chi connectivity index (χ3v) is 4.60. The maximum atomic E-state index is 12.3. The van der Waals surface area contributed by atoms with E-state index < -0.39 is 0 Å². The molecule has 7 heteroatoms. The second-order valence-corrected chi connectivity index (χ2v) is 7.13. The number of nitrogens with one attached hydrogen (secondary N) is 2. The van der Waals surface area contributed by atoms with Crippen molar-refractivity contribution in [2.45, 2.75) is 45.6 Å². The second kappa shape index (κ2) is 8.21. The van der Waals surface area contributed by atoms with Gasteiger partial charge in [0.05, 0.1) is 11.4 Å². The van der Waals surface area contributed by atoms with Crippen LogP contribution in [-0.2, 0) is 13.6 Å². The van der Waals surface area contributed by atoms with Gasteiger partial charge in [0.15, 0.2) is 0 Å². The van der Waals surface area contributed by atoms with E-state index in [1.54, 1.807) is 4.68 Å². The van der Waals surface area contributed by atoms with Gasteiger partial charge in [0, 0.05) is 39.1 Å². The molecule has 0 radical (unpaired) electrons. The third-order valence-electron chi connectivity index (χ3n) is 4.60. The number of anilines is 2. The number of aromatic nitrogens is 3. The lowest BCUT2D eigenvalue weighted by Crippen LogP contribution is -2.31. The zero-order valence-electron chi connectivity index (χ0n) is 15.8. The Morgan fingerprint density at radius 3 is 2.77 bits per heavy atom. The van der Waals surface area contributed by atoms with Crippen molar-refractivity contribution in [3.05, 3.63) is 35.8 Å². The molecular formula is C19H28N6O. The monoisotopic (exact) mass is 356 g/mol. The minimum absolute atomic E-state index is 0.226. The van der Waals surface area contributed by atoms with Crippen LogP contribution in [0.3, 0.4) is 0 Å². The normalized spacial score (nSPS) is 14.5. The van der Waals surface area contributed by atoms with Crippen molar-refractivity contribution in [2.75, 3.05) is 23.3 Å². The smallest absolute Gasteiger partial charge is 0.319 e. The number of hydrogen-bond donors (Lipinski definition) is 2. The maximum Gasteiger partial charge on any atom is 0.319 e. The Morgan fingerprint density at radius 1 is 1.27 bits per heavy atom. The highest BCUT2D eigenvalue weighted by Crippen LogP contribution is 2.22. The standard InChI is InChI=1S/C19H28N6O/c1-14(2)18-16(13-24(3)23-18)22-19(26)21-12-15-7-8-20-17(11-15)25-9-5-4-6-10-25/h7-8,11,13-14H,4-6,9-10,12H2,1-3H3,(H2,21,22,26).